The maximum Gasteiger partial charge on any atom is 0.489 e. The van der Waals surface area contributed by atoms with Crippen molar-refractivity contribution in [3.63, 3.8) is 0 Å². The van der Waals surface area contributed by atoms with Crippen LogP contribution in [0.3, 0.4) is 0 Å². The summed E-state index contributed by atoms with van der Waals surface area (Å²) < 4.78 is 13.7. The quantitative estimate of drug-likeness (QED) is 0.148. The van der Waals surface area contributed by atoms with Gasteiger partial charge in [0.05, 0.1) is 64.9 Å². The standard InChI is InChI=1S/C51H31N5S.C36H23BN2O2S/c1-3-16-32(17-4-1)49-52-50(33-18-5-2-6-19-33)54-51(53-49)41-31-34(55-42-25-11-7-20-35(42)36-21-8-12-26-43(36)55)30-40-39-24-15-29-46(48(39)57-47(40)41)56-44-27-13-9-22-37(44)38-23-10-14-28-45(38)56;40-37(41)29-21-22(38-30-15-5-1-10-23(30)24-11-2-6-16-31(24)38)20-28-27-14-9-19-34(36(27)42-35(28)29)39-32-17-7-3-12-25(32)26-13-4-8-18-33(26)39/h1-31H;1-21,40-41H. The highest BCUT2D eigenvalue weighted by molar-refractivity contribution is 7.27. The summed E-state index contributed by atoms with van der Waals surface area (Å²) in [4.78, 5) is 15.6. The molecule has 0 saturated heterocycles. The highest BCUT2D eigenvalue weighted by Crippen LogP contribution is 2.48. The lowest BCUT2D eigenvalue weighted by molar-refractivity contribution is 0.426. The fourth-order valence-corrected chi connectivity index (χ4v) is 18.0. The Labute approximate surface area is 574 Å². The van der Waals surface area contributed by atoms with Crippen molar-refractivity contribution in [3.8, 4) is 56.9 Å². The zero-order chi connectivity index (χ0) is 65.4. The number of benzene rings is 14. The van der Waals surface area contributed by atoms with E-state index in [2.05, 4.69) is 291 Å². The van der Waals surface area contributed by atoms with Crippen LogP contribution < -0.4 is 5.46 Å². The summed E-state index contributed by atoms with van der Waals surface area (Å²) in [7, 11) is -1.61. The summed E-state index contributed by atoms with van der Waals surface area (Å²) in [6.07, 6.45) is 0. The van der Waals surface area contributed by atoms with E-state index in [4.69, 9.17) is 15.0 Å². The number of rotatable bonds is 8. The Morgan fingerprint density at radius 3 is 0.899 bits per heavy atom. The molecule has 21 rings (SSSR count). The maximum absolute atomic E-state index is 10.7. The number of nitrogens with zero attached hydrogens (tertiary/aromatic N) is 7. The minimum Gasteiger partial charge on any atom is -0.423 e. The molecule has 0 radical (unpaired) electrons. The summed E-state index contributed by atoms with van der Waals surface area (Å²) in [5.74, 6) is 1.92. The largest absolute Gasteiger partial charge is 0.489 e. The average Bonchev–Trinajstić information content (AvgIpc) is 1.58. The molecular formula is C87H54BN7O2S2. The first kappa shape index (κ1) is 57.0. The minimum absolute atomic E-state index is 0.513. The predicted molar refractivity (Wildman–Crippen MR) is 416 cm³/mol. The van der Waals surface area contributed by atoms with E-state index >= 15 is 0 Å². The Morgan fingerprint density at radius 2 is 0.535 bits per heavy atom. The van der Waals surface area contributed by atoms with Crippen molar-refractivity contribution >= 4 is 163 Å². The van der Waals surface area contributed by atoms with Crippen molar-refractivity contribution in [3.05, 3.63) is 315 Å². The first-order valence-electron chi connectivity index (χ1n) is 33.1. The molecule has 0 bridgehead atoms. The first-order valence-corrected chi connectivity index (χ1v) is 34.8. The molecule has 0 atom stereocenters. The van der Waals surface area contributed by atoms with Gasteiger partial charge in [-0.1, -0.05) is 231 Å². The molecule has 0 fully saturated rings. The van der Waals surface area contributed by atoms with Gasteiger partial charge >= 0.3 is 7.12 Å². The molecule has 7 aromatic heterocycles. The number of hydrogen-bond acceptors (Lipinski definition) is 7. The van der Waals surface area contributed by atoms with Crippen LogP contribution in [0, 0.1) is 0 Å². The van der Waals surface area contributed by atoms with Crippen molar-refractivity contribution in [1.82, 2.24) is 33.2 Å². The zero-order valence-electron chi connectivity index (χ0n) is 52.9. The lowest BCUT2D eigenvalue weighted by atomic mass is 9.79. The fourth-order valence-electron chi connectivity index (χ4n) is 15.4. The van der Waals surface area contributed by atoms with Crippen LogP contribution in [0.15, 0.2) is 315 Å². The second-order valence-electron chi connectivity index (χ2n) is 25.2. The maximum atomic E-state index is 10.7. The number of fused-ring (bicyclic) bond motifs is 18. The molecule has 2 N–H and O–H groups in total. The van der Waals surface area contributed by atoms with Crippen molar-refractivity contribution in [2.24, 2.45) is 0 Å². The summed E-state index contributed by atoms with van der Waals surface area (Å²) in [5, 5.41) is 35.5. The molecule has 0 aliphatic rings. The Hall–Kier alpha value is -12.3. The highest BCUT2D eigenvalue weighted by Gasteiger charge is 2.26. The second kappa shape index (κ2) is 22.7. The Morgan fingerprint density at radius 1 is 0.242 bits per heavy atom. The van der Waals surface area contributed by atoms with Crippen molar-refractivity contribution in [1.29, 1.82) is 0 Å². The molecule has 7 heterocycles. The van der Waals surface area contributed by atoms with E-state index in [1.165, 1.54) is 64.2 Å². The van der Waals surface area contributed by atoms with E-state index in [1.807, 2.05) is 53.8 Å². The molecule has 14 aromatic carbocycles. The molecule has 0 aliphatic carbocycles. The van der Waals surface area contributed by atoms with E-state index < -0.39 is 7.12 Å². The first-order chi connectivity index (χ1) is 49.0. The summed E-state index contributed by atoms with van der Waals surface area (Å²) in [6, 6.07) is 111. The van der Waals surface area contributed by atoms with Gasteiger partial charge < -0.3 is 28.3 Å². The topological polar surface area (TPSA) is 98.9 Å². The predicted octanol–water partition coefficient (Wildman–Crippen LogP) is 21.4. The Bertz CT molecular complexity index is 6590. The summed E-state index contributed by atoms with van der Waals surface area (Å²) >= 11 is 3.43. The summed E-state index contributed by atoms with van der Waals surface area (Å²) in [6.45, 7) is 0. The zero-order valence-corrected chi connectivity index (χ0v) is 54.6. The van der Waals surface area contributed by atoms with Gasteiger partial charge in [0, 0.05) is 108 Å². The molecule has 0 unspecified atom stereocenters. The number of thiophene rings is 2. The van der Waals surface area contributed by atoms with E-state index in [0.29, 0.717) is 22.9 Å². The number of hydrogen-bond donors (Lipinski definition) is 2. The van der Waals surface area contributed by atoms with Crippen LogP contribution in [0.4, 0.5) is 0 Å². The van der Waals surface area contributed by atoms with E-state index in [0.717, 1.165) is 103 Å². The van der Waals surface area contributed by atoms with E-state index in [-0.39, 0.29) is 0 Å². The van der Waals surface area contributed by atoms with Crippen LogP contribution in [-0.2, 0) is 0 Å². The van der Waals surface area contributed by atoms with Gasteiger partial charge in [-0.05, 0) is 84.9 Å². The third-order valence-corrected chi connectivity index (χ3v) is 22.3. The molecule has 9 nitrogen and oxygen atoms in total. The average molecular weight is 1300 g/mol. The SMILES string of the molecule is OB(O)c1cc(-n2c3ccccc3c3ccccc32)cc2c1sc1c(-n3c4ccccc4c4ccccc43)cccc12.c1ccc(-c2nc(-c3ccccc3)nc(-c3cc(-n4c5ccccc5c5ccccc54)cc4c3sc3c(-n5c6ccccc6c6ccccc65)cccc34)n2)cc1. The van der Waals surface area contributed by atoms with Crippen LogP contribution in [0.2, 0.25) is 0 Å². The lowest BCUT2D eigenvalue weighted by Gasteiger charge is -2.13. The third-order valence-electron chi connectivity index (χ3n) is 19.7. The van der Waals surface area contributed by atoms with Gasteiger partial charge in [-0.15, -0.1) is 22.7 Å². The molecule has 12 heteroatoms. The molecule has 464 valence electrons. The molecule has 0 spiro atoms. The van der Waals surface area contributed by atoms with Crippen LogP contribution in [0.25, 0.3) is 184 Å². The van der Waals surface area contributed by atoms with Crippen molar-refractivity contribution < 1.29 is 10.0 Å². The van der Waals surface area contributed by atoms with Gasteiger partial charge in [0.1, 0.15) is 0 Å². The minimum atomic E-state index is -1.61. The Kier molecular flexibility index (Phi) is 13.1. The Balaban J connectivity index is 0.000000140. The van der Waals surface area contributed by atoms with Crippen LogP contribution in [0.1, 0.15) is 0 Å². The summed E-state index contributed by atoms with van der Waals surface area (Å²) in [5.41, 5.74) is 16.7. The third kappa shape index (κ3) is 8.91. The van der Waals surface area contributed by atoms with Gasteiger partial charge in [0.25, 0.3) is 0 Å². The molecule has 0 saturated carbocycles. The van der Waals surface area contributed by atoms with Gasteiger partial charge in [-0.3, -0.25) is 0 Å². The van der Waals surface area contributed by atoms with Crippen LogP contribution in [-0.4, -0.2) is 50.4 Å². The molecule has 99 heavy (non-hydrogen) atoms. The smallest absolute Gasteiger partial charge is 0.423 e. The molecule has 21 aromatic rings. The van der Waals surface area contributed by atoms with Crippen molar-refractivity contribution in [2.75, 3.05) is 0 Å². The highest BCUT2D eigenvalue weighted by atomic mass is 32.1. The van der Waals surface area contributed by atoms with Crippen LogP contribution >= 0.6 is 22.7 Å². The number of para-hydroxylation sites is 8. The molecular weight excluding hydrogens is 1250 g/mol. The van der Waals surface area contributed by atoms with Gasteiger partial charge in [0.2, 0.25) is 0 Å². The monoisotopic (exact) mass is 1300 g/mol. The van der Waals surface area contributed by atoms with Gasteiger partial charge in [0.15, 0.2) is 17.5 Å². The van der Waals surface area contributed by atoms with Gasteiger partial charge in [-0.25, -0.2) is 15.0 Å². The van der Waals surface area contributed by atoms with Gasteiger partial charge in [-0.2, -0.15) is 0 Å². The number of aromatic nitrogens is 7. The molecule has 0 amide bonds. The lowest BCUT2D eigenvalue weighted by Crippen LogP contribution is -2.30. The fraction of sp³-hybridized carbons (Fsp3) is 0. The molecule has 0 aliphatic heterocycles. The normalized spacial score (nSPS) is 11.9. The second-order valence-corrected chi connectivity index (χ2v) is 27.2. The van der Waals surface area contributed by atoms with Crippen molar-refractivity contribution in [2.45, 2.75) is 0 Å². The van der Waals surface area contributed by atoms with Crippen LogP contribution in [0.5, 0.6) is 0 Å². The van der Waals surface area contributed by atoms with E-state index in [1.54, 1.807) is 11.3 Å². The van der Waals surface area contributed by atoms with E-state index in [9.17, 15) is 10.0 Å².